The zero-order chi connectivity index (χ0) is 23.3. The Labute approximate surface area is 200 Å². The molecule has 0 unspecified atom stereocenters. The molecule has 1 fully saturated rings. The molecule has 1 aliphatic heterocycles. The van der Waals surface area contributed by atoms with E-state index < -0.39 is 0 Å². The Bertz CT molecular complexity index is 1180. The highest BCUT2D eigenvalue weighted by molar-refractivity contribution is 5.58. The minimum Gasteiger partial charge on any atom is -0.461 e. The zero-order valence-corrected chi connectivity index (χ0v) is 20.0. The fraction of sp³-hybridized carbons (Fsp3) is 0.423. The van der Waals surface area contributed by atoms with Gasteiger partial charge in [0.05, 0.1) is 6.26 Å². The predicted octanol–water partition coefficient (Wildman–Crippen LogP) is 3.81. The van der Waals surface area contributed by atoms with Gasteiger partial charge >= 0.3 is 0 Å². The number of fused-ring (bicyclic) bond motifs is 1. The average Bonchev–Trinajstić information content (AvgIpc) is 3.53. The standard InChI is InChI=1S/C26H33N7O/c1-31(2)15-12-27-26-28-18-22(25-29-24(30-33(25)26)23-9-6-16-34-23)19-32-13-10-21(11-14-32)17-20-7-4-3-5-8-20/h3-9,16,18,21H,10-15,17,19H2,1-2H3,(H,27,28). The fourth-order valence-corrected chi connectivity index (χ4v) is 4.59. The molecular formula is C26H33N7O. The van der Waals surface area contributed by atoms with E-state index in [2.05, 4.69) is 59.5 Å². The number of piperidine rings is 1. The number of benzene rings is 1. The summed E-state index contributed by atoms with van der Waals surface area (Å²) >= 11 is 0. The van der Waals surface area contributed by atoms with Crippen molar-refractivity contribution in [3.63, 3.8) is 0 Å². The number of rotatable bonds is 9. The van der Waals surface area contributed by atoms with Crippen molar-refractivity contribution < 1.29 is 4.42 Å². The van der Waals surface area contributed by atoms with E-state index in [-0.39, 0.29) is 0 Å². The number of likely N-dealkylation sites (N-methyl/N-ethyl adjacent to an activating group) is 1. The molecule has 8 heteroatoms. The van der Waals surface area contributed by atoms with Crippen molar-refractivity contribution in [3.8, 4) is 11.6 Å². The second-order valence-corrected chi connectivity index (χ2v) is 9.39. The maximum atomic E-state index is 5.56. The highest BCUT2D eigenvalue weighted by atomic mass is 16.3. The van der Waals surface area contributed by atoms with Crippen molar-refractivity contribution in [2.24, 2.45) is 5.92 Å². The lowest BCUT2D eigenvalue weighted by atomic mass is 9.90. The van der Waals surface area contributed by atoms with Crippen molar-refractivity contribution in [1.82, 2.24) is 29.4 Å². The Balaban J connectivity index is 1.31. The maximum Gasteiger partial charge on any atom is 0.225 e. The van der Waals surface area contributed by atoms with Gasteiger partial charge in [-0.15, -0.1) is 5.10 Å². The number of furan rings is 1. The molecular weight excluding hydrogens is 426 g/mol. The molecule has 0 saturated carbocycles. The number of anilines is 1. The Morgan fingerprint density at radius 3 is 2.65 bits per heavy atom. The fourth-order valence-electron chi connectivity index (χ4n) is 4.59. The van der Waals surface area contributed by atoms with Crippen molar-refractivity contribution >= 4 is 11.6 Å². The van der Waals surface area contributed by atoms with Gasteiger partial charge in [0, 0.05) is 31.4 Å². The third-order valence-corrected chi connectivity index (χ3v) is 6.49. The predicted molar refractivity (Wildman–Crippen MR) is 134 cm³/mol. The smallest absolute Gasteiger partial charge is 0.225 e. The van der Waals surface area contributed by atoms with Gasteiger partial charge in [0.15, 0.2) is 11.4 Å². The van der Waals surface area contributed by atoms with Crippen LogP contribution < -0.4 is 5.32 Å². The summed E-state index contributed by atoms with van der Waals surface area (Å²) in [7, 11) is 4.11. The maximum absolute atomic E-state index is 5.56. The Hall–Kier alpha value is -3.23. The van der Waals surface area contributed by atoms with Crippen LogP contribution in [0.3, 0.4) is 0 Å². The third-order valence-electron chi connectivity index (χ3n) is 6.49. The second kappa shape index (κ2) is 10.4. The minimum absolute atomic E-state index is 0.580. The molecule has 4 aromatic rings. The first-order valence-corrected chi connectivity index (χ1v) is 12.1. The number of hydrogen-bond donors (Lipinski definition) is 1. The van der Waals surface area contributed by atoms with Crippen molar-refractivity contribution in [2.45, 2.75) is 25.8 Å². The molecule has 34 heavy (non-hydrogen) atoms. The summed E-state index contributed by atoms with van der Waals surface area (Å²) in [5, 5.41) is 8.12. The molecule has 0 bridgehead atoms. The quantitative estimate of drug-likeness (QED) is 0.408. The third kappa shape index (κ3) is 5.29. The van der Waals surface area contributed by atoms with Gasteiger partial charge in [0.1, 0.15) is 0 Å². The van der Waals surface area contributed by atoms with Crippen molar-refractivity contribution in [2.75, 3.05) is 45.6 Å². The van der Waals surface area contributed by atoms with Gasteiger partial charge in [-0.05, 0) is 70.1 Å². The van der Waals surface area contributed by atoms with E-state index in [0.717, 1.165) is 49.9 Å². The molecule has 0 aliphatic carbocycles. The van der Waals surface area contributed by atoms with Gasteiger partial charge < -0.3 is 14.6 Å². The summed E-state index contributed by atoms with van der Waals surface area (Å²) in [5.74, 6) is 2.69. The summed E-state index contributed by atoms with van der Waals surface area (Å²) in [6.07, 6.45) is 7.20. The van der Waals surface area contributed by atoms with Gasteiger partial charge in [-0.3, -0.25) is 4.90 Å². The number of nitrogens with zero attached hydrogens (tertiary/aromatic N) is 6. The molecule has 1 N–H and O–H groups in total. The largest absolute Gasteiger partial charge is 0.461 e. The first-order valence-electron chi connectivity index (χ1n) is 12.1. The number of aromatic nitrogens is 4. The molecule has 1 aromatic carbocycles. The van der Waals surface area contributed by atoms with E-state index >= 15 is 0 Å². The highest BCUT2D eigenvalue weighted by Gasteiger charge is 2.22. The van der Waals surface area contributed by atoms with Crippen LogP contribution >= 0.6 is 0 Å². The lowest BCUT2D eigenvalue weighted by Gasteiger charge is -2.32. The monoisotopic (exact) mass is 459 g/mol. The zero-order valence-electron chi connectivity index (χ0n) is 20.0. The van der Waals surface area contributed by atoms with Crippen LogP contribution in [0.15, 0.2) is 59.3 Å². The summed E-state index contributed by atoms with van der Waals surface area (Å²) in [5.41, 5.74) is 3.36. The number of likely N-dealkylation sites (tertiary alicyclic amines) is 1. The first-order chi connectivity index (χ1) is 16.7. The molecule has 5 rings (SSSR count). The first kappa shape index (κ1) is 22.6. The lowest BCUT2D eigenvalue weighted by Crippen LogP contribution is -2.34. The molecule has 1 saturated heterocycles. The normalized spacial score (nSPS) is 15.4. The molecule has 8 nitrogen and oxygen atoms in total. The molecule has 3 aromatic heterocycles. The van der Waals surface area contributed by atoms with Gasteiger partial charge in [-0.2, -0.15) is 4.52 Å². The summed E-state index contributed by atoms with van der Waals surface area (Å²) < 4.78 is 7.38. The molecule has 1 aliphatic rings. The second-order valence-electron chi connectivity index (χ2n) is 9.39. The van der Waals surface area contributed by atoms with Gasteiger partial charge in [-0.1, -0.05) is 30.3 Å². The Morgan fingerprint density at radius 2 is 1.91 bits per heavy atom. The van der Waals surface area contributed by atoms with E-state index in [4.69, 9.17) is 19.5 Å². The van der Waals surface area contributed by atoms with Gasteiger partial charge in [0.25, 0.3) is 0 Å². The van der Waals surface area contributed by atoms with E-state index in [0.29, 0.717) is 17.5 Å². The summed E-state index contributed by atoms with van der Waals surface area (Å²) in [6, 6.07) is 14.6. The van der Waals surface area contributed by atoms with Crippen LogP contribution in [0.25, 0.3) is 17.2 Å². The van der Waals surface area contributed by atoms with E-state index in [1.807, 2.05) is 22.8 Å². The van der Waals surface area contributed by atoms with E-state index in [9.17, 15) is 0 Å². The molecule has 0 atom stereocenters. The molecule has 4 heterocycles. The van der Waals surface area contributed by atoms with Gasteiger partial charge in [0.2, 0.25) is 11.8 Å². The highest BCUT2D eigenvalue weighted by Crippen LogP contribution is 2.25. The van der Waals surface area contributed by atoms with Crippen LogP contribution in [0.2, 0.25) is 0 Å². The van der Waals surface area contributed by atoms with Crippen LogP contribution in [0.5, 0.6) is 0 Å². The SMILES string of the molecule is CN(C)CCNc1ncc(CN2CCC(Cc3ccccc3)CC2)c2nc(-c3ccco3)nn12. The molecule has 0 radical (unpaired) electrons. The van der Waals surface area contributed by atoms with Gasteiger partial charge in [-0.25, -0.2) is 9.97 Å². The molecule has 178 valence electrons. The lowest BCUT2D eigenvalue weighted by molar-refractivity contribution is 0.177. The average molecular weight is 460 g/mol. The van der Waals surface area contributed by atoms with E-state index in [1.54, 1.807) is 6.26 Å². The Kier molecular flexibility index (Phi) is 6.87. The number of hydrogen-bond acceptors (Lipinski definition) is 7. The number of nitrogens with one attached hydrogen (secondary N) is 1. The van der Waals surface area contributed by atoms with Crippen molar-refractivity contribution in [3.05, 3.63) is 66.1 Å². The molecule has 0 spiro atoms. The van der Waals surface area contributed by atoms with Crippen LogP contribution in [0.1, 0.15) is 24.0 Å². The summed E-state index contributed by atoms with van der Waals surface area (Å²) in [6.45, 7) is 4.68. The topological polar surface area (TPSA) is 74.7 Å². The minimum atomic E-state index is 0.580. The van der Waals surface area contributed by atoms with E-state index in [1.165, 1.54) is 24.8 Å². The van der Waals surface area contributed by atoms with Crippen LogP contribution in [0, 0.1) is 5.92 Å². The Morgan fingerprint density at radius 1 is 1.09 bits per heavy atom. The van der Waals surface area contributed by atoms with Crippen LogP contribution in [-0.4, -0.2) is 69.7 Å². The van der Waals surface area contributed by atoms with Crippen LogP contribution in [0.4, 0.5) is 5.95 Å². The summed E-state index contributed by atoms with van der Waals surface area (Å²) in [4.78, 5) is 14.2. The molecule has 0 amide bonds. The van der Waals surface area contributed by atoms with Crippen molar-refractivity contribution in [1.29, 1.82) is 0 Å². The van der Waals surface area contributed by atoms with Crippen LogP contribution in [-0.2, 0) is 13.0 Å².